The first-order valence-corrected chi connectivity index (χ1v) is 6.36. The molecule has 21 heavy (non-hydrogen) atoms. The summed E-state index contributed by atoms with van der Waals surface area (Å²) in [6.45, 7) is 0.246. The van der Waals surface area contributed by atoms with Crippen LogP contribution in [0, 0.1) is 0 Å². The molecule has 0 atom stereocenters. The zero-order valence-corrected chi connectivity index (χ0v) is 12.1. The number of aromatic nitrogens is 2. The van der Waals surface area contributed by atoms with E-state index in [9.17, 15) is 13.2 Å². The van der Waals surface area contributed by atoms with E-state index in [0.717, 1.165) is 23.2 Å². The van der Waals surface area contributed by atoms with Crippen LogP contribution >= 0.6 is 12.4 Å². The van der Waals surface area contributed by atoms with Gasteiger partial charge in [0.2, 0.25) is 0 Å². The van der Waals surface area contributed by atoms with Crippen molar-refractivity contribution < 1.29 is 13.2 Å². The first kappa shape index (κ1) is 17.5. The van der Waals surface area contributed by atoms with Crippen molar-refractivity contribution in [2.75, 3.05) is 6.54 Å². The second-order valence-electron chi connectivity index (χ2n) is 4.57. The van der Waals surface area contributed by atoms with E-state index in [0.29, 0.717) is 6.54 Å². The summed E-state index contributed by atoms with van der Waals surface area (Å²) in [6, 6.07) is 10.0. The molecule has 7 heteroatoms. The second kappa shape index (κ2) is 8.05. The molecule has 2 rings (SSSR count). The van der Waals surface area contributed by atoms with Crippen LogP contribution in [0.5, 0.6) is 0 Å². The normalized spacial score (nSPS) is 11.2. The average molecular weight is 320 g/mol. The molecule has 0 aliphatic rings. The Morgan fingerprint density at radius 1 is 1.10 bits per heavy atom. The third kappa shape index (κ3) is 6.64. The summed E-state index contributed by atoms with van der Waals surface area (Å²) >= 11 is 0. The molecule has 2 aromatic rings. The molecule has 1 aromatic carbocycles. The van der Waals surface area contributed by atoms with E-state index in [1.165, 1.54) is 18.0 Å². The van der Waals surface area contributed by atoms with Gasteiger partial charge in [-0.05, 0) is 18.5 Å². The van der Waals surface area contributed by atoms with E-state index in [1.807, 2.05) is 30.3 Å². The van der Waals surface area contributed by atoms with Gasteiger partial charge in [-0.25, -0.2) is 0 Å². The quantitative estimate of drug-likeness (QED) is 0.829. The summed E-state index contributed by atoms with van der Waals surface area (Å²) in [6.07, 6.45) is -0.466. The summed E-state index contributed by atoms with van der Waals surface area (Å²) in [4.78, 5) is 0. The summed E-state index contributed by atoms with van der Waals surface area (Å²) in [5, 5.41) is 6.89. The van der Waals surface area contributed by atoms with E-state index in [4.69, 9.17) is 0 Å². The molecule has 1 N–H and O–H groups in total. The number of hydrogen-bond donors (Lipinski definition) is 1. The van der Waals surface area contributed by atoms with Crippen LogP contribution in [-0.2, 0) is 19.5 Å². The number of hydrogen-bond acceptors (Lipinski definition) is 2. The molecule has 0 aliphatic carbocycles. The standard InChI is InChI=1S/C14H16F3N3.ClH/c15-14(16,17)11-20-10-13(9-19-20)8-18-7-6-12-4-2-1-3-5-12;/h1-5,9-10,18H,6-8,11H2;1H. The molecule has 0 amide bonds. The molecule has 0 saturated carbocycles. The van der Waals surface area contributed by atoms with Gasteiger partial charge in [0.05, 0.1) is 6.20 Å². The smallest absolute Gasteiger partial charge is 0.312 e. The van der Waals surface area contributed by atoms with E-state index < -0.39 is 12.7 Å². The minimum atomic E-state index is -4.23. The van der Waals surface area contributed by atoms with Gasteiger partial charge in [0.25, 0.3) is 0 Å². The zero-order valence-electron chi connectivity index (χ0n) is 11.3. The van der Waals surface area contributed by atoms with Crippen LogP contribution in [0.25, 0.3) is 0 Å². The molecular weight excluding hydrogens is 303 g/mol. The SMILES string of the molecule is Cl.FC(F)(F)Cn1cc(CNCCc2ccccc2)cn1. The van der Waals surface area contributed by atoms with Crippen LogP contribution in [0.15, 0.2) is 42.7 Å². The Bertz CT molecular complexity index is 526. The van der Waals surface area contributed by atoms with Crippen molar-refractivity contribution in [2.24, 2.45) is 0 Å². The number of alkyl halides is 3. The van der Waals surface area contributed by atoms with Crippen LogP contribution in [0.2, 0.25) is 0 Å². The summed E-state index contributed by atoms with van der Waals surface area (Å²) < 4.78 is 37.4. The van der Waals surface area contributed by atoms with E-state index in [2.05, 4.69) is 10.4 Å². The molecule has 0 bridgehead atoms. The highest BCUT2D eigenvalue weighted by molar-refractivity contribution is 5.85. The Hall–Kier alpha value is -1.53. The predicted octanol–water partition coefficient (Wildman–Crippen LogP) is 3.20. The van der Waals surface area contributed by atoms with Crippen molar-refractivity contribution in [3.05, 3.63) is 53.9 Å². The van der Waals surface area contributed by atoms with Gasteiger partial charge in [0.1, 0.15) is 6.54 Å². The average Bonchev–Trinajstić information content (AvgIpc) is 2.81. The second-order valence-corrected chi connectivity index (χ2v) is 4.57. The van der Waals surface area contributed by atoms with Gasteiger partial charge >= 0.3 is 6.18 Å². The maximum absolute atomic E-state index is 12.2. The minimum Gasteiger partial charge on any atom is -0.312 e. The first-order valence-electron chi connectivity index (χ1n) is 6.36. The summed E-state index contributed by atoms with van der Waals surface area (Å²) in [7, 11) is 0. The maximum atomic E-state index is 12.2. The molecule has 116 valence electrons. The third-order valence-corrected chi connectivity index (χ3v) is 2.79. The largest absolute Gasteiger partial charge is 0.408 e. The molecule has 0 saturated heterocycles. The Balaban J connectivity index is 0.00000220. The van der Waals surface area contributed by atoms with Gasteiger partial charge in [0.15, 0.2) is 0 Å². The summed E-state index contributed by atoms with van der Waals surface area (Å²) in [5.41, 5.74) is 1.98. The number of rotatable bonds is 6. The fourth-order valence-electron chi connectivity index (χ4n) is 1.88. The molecule has 0 radical (unpaired) electrons. The maximum Gasteiger partial charge on any atom is 0.408 e. The monoisotopic (exact) mass is 319 g/mol. The Labute approximate surface area is 127 Å². The number of nitrogens with zero attached hydrogens (tertiary/aromatic N) is 2. The number of nitrogens with one attached hydrogen (secondary N) is 1. The van der Waals surface area contributed by atoms with Gasteiger partial charge in [-0.1, -0.05) is 30.3 Å². The van der Waals surface area contributed by atoms with E-state index >= 15 is 0 Å². The fourth-order valence-corrected chi connectivity index (χ4v) is 1.88. The van der Waals surface area contributed by atoms with Crippen LogP contribution < -0.4 is 5.32 Å². The van der Waals surface area contributed by atoms with Crippen LogP contribution in [0.3, 0.4) is 0 Å². The van der Waals surface area contributed by atoms with Gasteiger partial charge in [-0.2, -0.15) is 18.3 Å². The van der Waals surface area contributed by atoms with Crippen molar-refractivity contribution in [1.82, 2.24) is 15.1 Å². The fraction of sp³-hybridized carbons (Fsp3) is 0.357. The van der Waals surface area contributed by atoms with E-state index in [1.54, 1.807) is 0 Å². The van der Waals surface area contributed by atoms with E-state index in [-0.39, 0.29) is 12.4 Å². The lowest BCUT2D eigenvalue weighted by atomic mass is 10.1. The third-order valence-electron chi connectivity index (χ3n) is 2.79. The number of halogens is 4. The molecule has 1 aromatic heterocycles. The molecular formula is C14H17ClF3N3. The van der Waals surface area contributed by atoms with Gasteiger partial charge in [0, 0.05) is 18.3 Å². The highest BCUT2D eigenvalue weighted by Gasteiger charge is 2.28. The van der Waals surface area contributed by atoms with Gasteiger partial charge in [-0.15, -0.1) is 12.4 Å². The first-order chi connectivity index (χ1) is 9.53. The lowest BCUT2D eigenvalue weighted by Crippen LogP contribution is -2.18. The van der Waals surface area contributed by atoms with Crippen molar-refractivity contribution >= 4 is 12.4 Å². The van der Waals surface area contributed by atoms with Crippen LogP contribution in [-0.4, -0.2) is 22.5 Å². The minimum absolute atomic E-state index is 0. The number of benzene rings is 1. The van der Waals surface area contributed by atoms with Gasteiger partial charge in [-0.3, -0.25) is 4.68 Å². The molecule has 1 heterocycles. The van der Waals surface area contributed by atoms with Crippen molar-refractivity contribution in [3.63, 3.8) is 0 Å². The van der Waals surface area contributed by atoms with Crippen molar-refractivity contribution in [2.45, 2.75) is 25.7 Å². The zero-order chi connectivity index (χ0) is 14.4. The molecule has 3 nitrogen and oxygen atoms in total. The molecule has 0 fully saturated rings. The lowest BCUT2D eigenvalue weighted by Gasteiger charge is -2.05. The Morgan fingerprint density at radius 3 is 2.48 bits per heavy atom. The highest BCUT2D eigenvalue weighted by Crippen LogP contribution is 2.17. The highest BCUT2D eigenvalue weighted by atomic mass is 35.5. The van der Waals surface area contributed by atoms with Crippen LogP contribution in [0.4, 0.5) is 13.2 Å². The Kier molecular flexibility index (Phi) is 6.71. The van der Waals surface area contributed by atoms with Crippen molar-refractivity contribution in [3.8, 4) is 0 Å². The predicted molar refractivity (Wildman–Crippen MR) is 77.4 cm³/mol. The van der Waals surface area contributed by atoms with Crippen molar-refractivity contribution in [1.29, 1.82) is 0 Å². The molecule has 0 aliphatic heterocycles. The lowest BCUT2D eigenvalue weighted by molar-refractivity contribution is -0.142. The van der Waals surface area contributed by atoms with Crippen LogP contribution in [0.1, 0.15) is 11.1 Å². The molecule has 0 spiro atoms. The topological polar surface area (TPSA) is 29.9 Å². The Morgan fingerprint density at radius 2 is 1.81 bits per heavy atom. The summed E-state index contributed by atoms with van der Waals surface area (Å²) in [5.74, 6) is 0. The van der Waals surface area contributed by atoms with Gasteiger partial charge < -0.3 is 5.32 Å². The molecule has 0 unspecified atom stereocenters.